The summed E-state index contributed by atoms with van der Waals surface area (Å²) in [6.45, 7) is 3.78. The number of rotatable bonds is 6. The number of aromatic nitrogens is 2. The first-order valence-electron chi connectivity index (χ1n) is 11.9. The lowest BCUT2D eigenvalue weighted by Crippen LogP contribution is -2.46. The van der Waals surface area contributed by atoms with E-state index < -0.39 is 0 Å². The molecular weight excluding hydrogens is 507 g/mol. The van der Waals surface area contributed by atoms with E-state index in [9.17, 15) is 4.79 Å². The van der Waals surface area contributed by atoms with E-state index >= 15 is 0 Å². The van der Waals surface area contributed by atoms with Gasteiger partial charge in [0.15, 0.2) is 0 Å². The van der Waals surface area contributed by atoms with Crippen molar-refractivity contribution in [2.24, 2.45) is 0 Å². The lowest BCUT2D eigenvalue weighted by atomic mass is 10.2. The van der Waals surface area contributed by atoms with Crippen molar-refractivity contribution in [3.63, 3.8) is 0 Å². The topological polar surface area (TPSA) is 50.6 Å². The van der Waals surface area contributed by atoms with Crippen LogP contribution in [-0.4, -0.2) is 47.0 Å². The van der Waals surface area contributed by atoms with Crippen LogP contribution in [0.1, 0.15) is 31.2 Å². The molecule has 2 aliphatic rings. The van der Waals surface area contributed by atoms with Gasteiger partial charge in [0, 0.05) is 53.4 Å². The summed E-state index contributed by atoms with van der Waals surface area (Å²) in [5.41, 5.74) is 2.05. The molecule has 5 rings (SSSR count). The van der Waals surface area contributed by atoms with Gasteiger partial charge < -0.3 is 9.64 Å². The number of ether oxygens (including phenoxy) is 1. The maximum Gasteiger partial charge on any atom is 0.316 e. The third-order valence-electron chi connectivity index (χ3n) is 6.71. The highest BCUT2D eigenvalue weighted by molar-refractivity contribution is 6.36. The number of nitrogens with zero attached hydrogens (tertiary/aromatic N) is 4. The first-order valence-corrected chi connectivity index (χ1v) is 13.1. The summed E-state index contributed by atoms with van der Waals surface area (Å²) in [7, 11) is 0. The van der Waals surface area contributed by atoms with Gasteiger partial charge in [-0.2, -0.15) is 9.78 Å². The Bertz CT molecular complexity index is 1230. The zero-order chi connectivity index (χ0) is 24.4. The SMILES string of the molecule is O=c1c(OC2CCCC2)c(N2CCN(Cc3c(Cl)cccc3Cl)CC2)cnn1-c1cccc(Cl)c1. The lowest BCUT2D eigenvalue weighted by Gasteiger charge is -2.36. The monoisotopic (exact) mass is 532 g/mol. The third kappa shape index (κ3) is 5.46. The average molecular weight is 534 g/mol. The molecule has 1 aromatic heterocycles. The summed E-state index contributed by atoms with van der Waals surface area (Å²) < 4.78 is 7.71. The van der Waals surface area contributed by atoms with Crippen LogP contribution >= 0.6 is 34.8 Å². The number of hydrogen-bond acceptors (Lipinski definition) is 5. The Morgan fingerprint density at radius 3 is 2.31 bits per heavy atom. The van der Waals surface area contributed by atoms with Gasteiger partial charge in [-0.05, 0) is 56.0 Å². The molecule has 1 saturated heterocycles. The van der Waals surface area contributed by atoms with Gasteiger partial charge in [0.2, 0.25) is 5.75 Å². The third-order valence-corrected chi connectivity index (χ3v) is 7.65. The average Bonchev–Trinajstić information content (AvgIpc) is 3.37. The van der Waals surface area contributed by atoms with E-state index in [4.69, 9.17) is 39.5 Å². The fourth-order valence-corrected chi connectivity index (χ4v) is 5.49. The number of hydrogen-bond donors (Lipinski definition) is 0. The molecule has 3 aromatic rings. The maximum absolute atomic E-state index is 13.6. The molecule has 0 spiro atoms. The molecule has 0 bridgehead atoms. The van der Waals surface area contributed by atoms with E-state index in [1.807, 2.05) is 30.3 Å². The Hall–Kier alpha value is -2.25. The van der Waals surface area contributed by atoms with Crippen molar-refractivity contribution in [1.82, 2.24) is 14.7 Å². The first kappa shape index (κ1) is 24.4. The van der Waals surface area contributed by atoms with Gasteiger partial charge in [0.25, 0.3) is 0 Å². The van der Waals surface area contributed by atoms with Crippen LogP contribution in [0.3, 0.4) is 0 Å². The quantitative estimate of drug-likeness (QED) is 0.399. The van der Waals surface area contributed by atoms with Crippen molar-refractivity contribution < 1.29 is 4.74 Å². The molecule has 184 valence electrons. The fourth-order valence-electron chi connectivity index (χ4n) is 4.78. The van der Waals surface area contributed by atoms with Gasteiger partial charge in [0.1, 0.15) is 5.69 Å². The predicted octanol–water partition coefficient (Wildman–Crippen LogP) is 5.84. The van der Waals surface area contributed by atoms with E-state index in [-0.39, 0.29) is 11.7 Å². The molecule has 1 saturated carbocycles. The molecule has 0 N–H and O–H groups in total. The molecule has 0 radical (unpaired) electrons. The summed E-state index contributed by atoms with van der Waals surface area (Å²) in [5, 5.41) is 6.40. The van der Waals surface area contributed by atoms with Crippen LogP contribution in [0.25, 0.3) is 5.69 Å². The standard InChI is InChI=1S/C26H27Cl3N4O2/c27-18-5-3-6-19(15-18)33-26(34)25(35-20-7-1-2-8-20)24(16-30-33)32-13-11-31(12-14-32)17-21-22(28)9-4-10-23(21)29/h3-6,9-10,15-16,20H,1-2,7-8,11-14,17H2. The smallest absolute Gasteiger partial charge is 0.316 e. The zero-order valence-electron chi connectivity index (χ0n) is 19.3. The van der Waals surface area contributed by atoms with Crippen molar-refractivity contribution in [3.8, 4) is 11.4 Å². The molecule has 0 unspecified atom stereocenters. The zero-order valence-corrected chi connectivity index (χ0v) is 21.6. The van der Waals surface area contributed by atoms with Crippen molar-refractivity contribution in [2.45, 2.75) is 38.3 Å². The van der Waals surface area contributed by atoms with Crippen molar-refractivity contribution in [1.29, 1.82) is 0 Å². The molecule has 1 aliphatic carbocycles. The molecule has 9 heteroatoms. The summed E-state index contributed by atoms with van der Waals surface area (Å²) in [6, 6.07) is 12.7. The summed E-state index contributed by atoms with van der Waals surface area (Å²) in [5.74, 6) is 0.370. The van der Waals surface area contributed by atoms with E-state index in [1.165, 1.54) is 4.68 Å². The number of anilines is 1. The second-order valence-corrected chi connectivity index (χ2v) is 10.3. The Kier molecular flexibility index (Phi) is 7.54. The van der Waals surface area contributed by atoms with Gasteiger partial charge in [0.05, 0.1) is 18.0 Å². The maximum atomic E-state index is 13.6. The molecular formula is C26H27Cl3N4O2. The number of halogens is 3. The van der Waals surface area contributed by atoms with E-state index in [2.05, 4.69) is 14.9 Å². The van der Waals surface area contributed by atoms with Gasteiger partial charge in [-0.25, -0.2) is 0 Å². The Balaban J connectivity index is 1.39. The van der Waals surface area contributed by atoms with Crippen LogP contribution in [0.4, 0.5) is 5.69 Å². The highest BCUT2D eigenvalue weighted by Gasteiger charge is 2.27. The van der Waals surface area contributed by atoms with Gasteiger partial charge in [-0.1, -0.05) is 46.9 Å². The van der Waals surface area contributed by atoms with Crippen molar-refractivity contribution in [3.05, 3.63) is 79.6 Å². The van der Waals surface area contributed by atoms with E-state index in [1.54, 1.807) is 18.3 Å². The van der Waals surface area contributed by atoms with Crippen LogP contribution in [0.2, 0.25) is 15.1 Å². The minimum atomic E-state index is -0.262. The van der Waals surface area contributed by atoms with Gasteiger partial charge in [-0.3, -0.25) is 9.69 Å². The van der Waals surface area contributed by atoms with Crippen molar-refractivity contribution in [2.75, 3.05) is 31.1 Å². The van der Waals surface area contributed by atoms with Crippen LogP contribution in [0.5, 0.6) is 5.75 Å². The molecule has 2 aromatic carbocycles. The second-order valence-electron chi connectivity index (χ2n) is 9.04. The normalized spacial score (nSPS) is 17.2. The number of benzene rings is 2. The fraction of sp³-hybridized carbons (Fsp3) is 0.385. The van der Waals surface area contributed by atoms with Gasteiger partial charge in [-0.15, -0.1) is 0 Å². The summed E-state index contributed by atoms with van der Waals surface area (Å²) in [6.07, 6.45) is 5.97. The Morgan fingerprint density at radius 2 is 1.63 bits per heavy atom. The lowest BCUT2D eigenvalue weighted by molar-refractivity contribution is 0.204. The van der Waals surface area contributed by atoms with Crippen LogP contribution in [-0.2, 0) is 6.54 Å². The Labute approximate surface area is 220 Å². The van der Waals surface area contributed by atoms with E-state index in [0.29, 0.717) is 33.0 Å². The molecule has 1 aliphatic heterocycles. The highest BCUT2D eigenvalue weighted by atomic mass is 35.5. The predicted molar refractivity (Wildman–Crippen MR) is 142 cm³/mol. The second kappa shape index (κ2) is 10.8. The minimum Gasteiger partial charge on any atom is -0.483 e. The Morgan fingerprint density at radius 1 is 0.943 bits per heavy atom. The molecule has 2 heterocycles. The molecule has 35 heavy (non-hydrogen) atoms. The molecule has 2 fully saturated rings. The van der Waals surface area contributed by atoms with Crippen LogP contribution in [0.15, 0.2) is 53.5 Å². The highest BCUT2D eigenvalue weighted by Crippen LogP contribution is 2.31. The van der Waals surface area contributed by atoms with Crippen LogP contribution in [0, 0.1) is 0 Å². The van der Waals surface area contributed by atoms with E-state index in [0.717, 1.165) is 63.1 Å². The first-order chi connectivity index (χ1) is 17.0. The minimum absolute atomic E-state index is 0.0558. The number of piperazine rings is 1. The molecule has 0 atom stereocenters. The molecule has 6 nitrogen and oxygen atoms in total. The summed E-state index contributed by atoms with van der Waals surface area (Å²) >= 11 is 18.9. The largest absolute Gasteiger partial charge is 0.483 e. The van der Waals surface area contributed by atoms with Gasteiger partial charge >= 0.3 is 5.56 Å². The van der Waals surface area contributed by atoms with Crippen LogP contribution < -0.4 is 15.2 Å². The molecule has 0 amide bonds. The summed E-state index contributed by atoms with van der Waals surface area (Å²) in [4.78, 5) is 18.1. The van der Waals surface area contributed by atoms with Crippen molar-refractivity contribution >= 4 is 40.5 Å².